The van der Waals surface area contributed by atoms with Crippen molar-refractivity contribution >= 4 is 22.4 Å². The highest BCUT2D eigenvalue weighted by Gasteiger charge is 2.06. The lowest BCUT2D eigenvalue weighted by molar-refractivity contribution is -0.115. The number of benzene rings is 1. The van der Waals surface area contributed by atoms with Crippen molar-refractivity contribution in [3.63, 3.8) is 0 Å². The zero-order valence-electron chi connectivity index (χ0n) is 10.4. The number of nitrogens with zero attached hydrogens (tertiary/aromatic N) is 4. The molecule has 0 aliphatic heterocycles. The molecule has 2 heterocycles. The fraction of sp³-hybridized carbons (Fsp3) is 0.0769. The third-order valence-corrected chi connectivity index (χ3v) is 3.28. The lowest BCUT2D eigenvalue weighted by atomic mass is 10.1. The summed E-state index contributed by atoms with van der Waals surface area (Å²) in [5.74, 6) is -0.103. The number of carbonyl (C=O) groups excluding carboxylic acids is 1. The minimum Gasteiger partial charge on any atom is -0.300 e. The van der Waals surface area contributed by atoms with Gasteiger partial charge in [-0.25, -0.2) is 4.68 Å². The molecular weight excluding hydrogens is 274 g/mol. The van der Waals surface area contributed by atoms with Crippen molar-refractivity contribution in [2.45, 2.75) is 6.42 Å². The average molecular weight is 285 g/mol. The molecule has 1 amide bonds. The molecule has 7 heteroatoms. The Morgan fingerprint density at radius 1 is 1.30 bits per heavy atom. The van der Waals surface area contributed by atoms with Gasteiger partial charge in [0.2, 0.25) is 11.0 Å². The van der Waals surface area contributed by atoms with Crippen LogP contribution in [0, 0.1) is 0 Å². The first-order valence-electron chi connectivity index (χ1n) is 5.96. The van der Waals surface area contributed by atoms with Gasteiger partial charge in [-0.3, -0.25) is 4.79 Å². The first kappa shape index (κ1) is 12.5. The van der Waals surface area contributed by atoms with Crippen molar-refractivity contribution in [2.75, 3.05) is 5.32 Å². The van der Waals surface area contributed by atoms with Gasteiger partial charge in [-0.15, -0.1) is 10.2 Å². The third kappa shape index (κ3) is 2.89. The van der Waals surface area contributed by atoms with Crippen LogP contribution in [-0.4, -0.2) is 25.9 Å². The Morgan fingerprint density at radius 2 is 2.15 bits per heavy atom. The Balaban J connectivity index is 1.65. The highest BCUT2D eigenvalue weighted by atomic mass is 32.1. The SMILES string of the molecule is O=C(Cc1ccc(-n2cccn2)cc1)Nc1nncs1. The molecule has 100 valence electrons. The molecule has 0 radical (unpaired) electrons. The normalized spacial score (nSPS) is 10.4. The van der Waals surface area contributed by atoms with Crippen LogP contribution in [0.25, 0.3) is 5.69 Å². The lowest BCUT2D eigenvalue weighted by Crippen LogP contribution is -2.14. The molecule has 1 N–H and O–H groups in total. The Hall–Kier alpha value is -2.54. The summed E-state index contributed by atoms with van der Waals surface area (Å²) in [7, 11) is 0. The highest BCUT2D eigenvalue weighted by molar-refractivity contribution is 7.13. The highest BCUT2D eigenvalue weighted by Crippen LogP contribution is 2.11. The third-order valence-electron chi connectivity index (χ3n) is 2.68. The van der Waals surface area contributed by atoms with E-state index in [2.05, 4.69) is 20.6 Å². The number of anilines is 1. The van der Waals surface area contributed by atoms with E-state index in [-0.39, 0.29) is 5.91 Å². The maximum absolute atomic E-state index is 11.8. The Morgan fingerprint density at radius 3 is 2.80 bits per heavy atom. The van der Waals surface area contributed by atoms with E-state index in [1.165, 1.54) is 11.3 Å². The standard InChI is InChI=1S/C13H11N5OS/c19-12(16-13-17-14-9-20-13)8-10-2-4-11(5-3-10)18-7-1-6-15-18/h1-7,9H,8H2,(H,16,17,19). The fourth-order valence-corrected chi connectivity index (χ4v) is 2.23. The predicted octanol–water partition coefficient (Wildman–Crippen LogP) is 1.90. The minimum absolute atomic E-state index is 0.103. The number of aromatic nitrogens is 4. The van der Waals surface area contributed by atoms with Crippen molar-refractivity contribution in [3.05, 3.63) is 53.8 Å². The lowest BCUT2D eigenvalue weighted by Gasteiger charge is -2.04. The van der Waals surface area contributed by atoms with E-state index < -0.39 is 0 Å². The van der Waals surface area contributed by atoms with E-state index >= 15 is 0 Å². The van der Waals surface area contributed by atoms with Gasteiger partial charge in [0.1, 0.15) is 5.51 Å². The molecule has 0 unspecified atom stereocenters. The molecule has 6 nitrogen and oxygen atoms in total. The molecule has 2 aromatic heterocycles. The second kappa shape index (κ2) is 5.62. The summed E-state index contributed by atoms with van der Waals surface area (Å²) in [4.78, 5) is 11.8. The van der Waals surface area contributed by atoms with Crippen LogP contribution in [0.4, 0.5) is 5.13 Å². The summed E-state index contributed by atoms with van der Waals surface area (Å²) in [6.07, 6.45) is 3.90. The second-order valence-electron chi connectivity index (χ2n) is 4.09. The van der Waals surface area contributed by atoms with Crippen LogP contribution >= 0.6 is 11.3 Å². The second-order valence-corrected chi connectivity index (χ2v) is 4.92. The molecule has 3 rings (SSSR count). The molecule has 0 spiro atoms. The first-order chi connectivity index (χ1) is 9.81. The molecule has 0 aliphatic carbocycles. The Labute approximate surface area is 119 Å². The maximum Gasteiger partial charge on any atom is 0.230 e. The molecule has 0 saturated carbocycles. The van der Waals surface area contributed by atoms with Crippen LogP contribution in [0.5, 0.6) is 0 Å². The Bertz CT molecular complexity index is 676. The predicted molar refractivity (Wildman–Crippen MR) is 75.8 cm³/mol. The fourth-order valence-electron chi connectivity index (χ4n) is 1.76. The van der Waals surface area contributed by atoms with Crippen molar-refractivity contribution in [1.82, 2.24) is 20.0 Å². The van der Waals surface area contributed by atoms with Crippen LogP contribution in [0.1, 0.15) is 5.56 Å². The largest absolute Gasteiger partial charge is 0.300 e. The monoisotopic (exact) mass is 285 g/mol. The van der Waals surface area contributed by atoms with Crippen LogP contribution < -0.4 is 5.32 Å². The summed E-state index contributed by atoms with van der Waals surface area (Å²) in [5.41, 5.74) is 3.47. The van der Waals surface area contributed by atoms with Crippen LogP contribution in [0.2, 0.25) is 0 Å². The summed E-state index contributed by atoms with van der Waals surface area (Å²) >= 11 is 1.30. The van der Waals surface area contributed by atoms with Gasteiger partial charge >= 0.3 is 0 Å². The van der Waals surface area contributed by atoms with Gasteiger partial charge in [-0.05, 0) is 23.8 Å². The zero-order valence-corrected chi connectivity index (χ0v) is 11.2. The van der Waals surface area contributed by atoms with E-state index in [1.54, 1.807) is 16.4 Å². The van der Waals surface area contributed by atoms with E-state index in [0.29, 0.717) is 11.6 Å². The molecule has 3 aromatic rings. The molecule has 0 saturated heterocycles. The molecule has 0 atom stereocenters. The zero-order chi connectivity index (χ0) is 13.8. The topological polar surface area (TPSA) is 72.7 Å². The average Bonchev–Trinajstić information content (AvgIpc) is 3.12. The van der Waals surface area contributed by atoms with Crippen LogP contribution in [0.3, 0.4) is 0 Å². The van der Waals surface area contributed by atoms with Crippen molar-refractivity contribution in [2.24, 2.45) is 0 Å². The summed E-state index contributed by atoms with van der Waals surface area (Å²) in [6, 6.07) is 9.55. The van der Waals surface area contributed by atoms with E-state index in [1.807, 2.05) is 36.5 Å². The van der Waals surface area contributed by atoms with Crippen molar-refractivity contribution < 1.29 is 4.79 Å². The number of carbonyl (C=O) groups is 1. The first-order valence-corrected chi connectivity index (χ1v) is 6.84. The summed E-state index contributed by atoms with van der Waals surface area (Å²) in [5, 5.41) is 14.8. The minimum atomic E-state index is -0.103. The van der Waals surface area contributed by atoms with Crippen LogP contribution in [-0.2, 0) is 11.2 Å². The van der Waals surface area contributed by atoms with Gasteiger partial charge in [-0.1, -0.05) is 23.5 Å². The molecule has 1 aromatic carbocycles. The van der Waals surface area contributed by atoms with E-state index in [9.17, 15) is 4.79 Å². The molecular formula is C13H11N5OS. The van der Waals surface area contributed by atoms with Gasteiger partial charge in [0.15, 0.2) is 0 Å². The number of hydrogen-bond acceptors (Lipinski definition) is 5. The smallest absolute Gasteiger partial charge is 0.230 e. The number of amides is 1. The summed E-state index contributed by atoms with van der Waals surface area (Å²) < 4.78 is 1.77. The summed E-state index contributed by atoms with van der Waals surface area (Å²) in [6.45, 7) is 0. The number of hydrogen-bond donors (Lipinski definition) is 1. The molecule has 0 bridgehead atoms. The van der Waals surface area contributed by atoms with Gasteiger partial charge in [0.25, 0.3) is 0 Å². The number of nitrogens with one attached hydrogen (secondary N) is 1. The van der Waals surface area contributed by atoms with Crippen molar-refractivity contribution in [1.29, 1.82) is 0 Å². The van der Waals surface area contributed by atoms with Crippen molar-refractivity contribution in [3.8, 4) is 5.69 Å². The van der Waals surface area contributed by atoms with E-state index in [4.69, 9.17) is 0 Å². The molecule has 0 aliphatic rings. The van der Waals surface area contributed by atoms with Gasteiger partial charge in [-0.2, -0.15) is 5.10 Å². The quantitative estimate of drug-likeness (QED) is 0.794. The Kier molecular flexibility index (Phi) is 3.51. The van der Waals surface area contributed by atoms with Gasteiger partial charge in [0.05, 0.1) is 12.1 Å². The maximum atomic E-state index is 11.8. The van der Waals surface area contributed by atoms with Crippen LogP contribution in [0.15, 0.2) is 48.2 Å². The van der Waals surface area contributed by atoms with Gasteiger partial charge in [0, 0.05) is 12.4 Å². The number of rotatable bonds is 4. The molecule has 0 fully saturated rings. The van der Waals surface area contributed by atoms with E-state index in [0.717, 1.165) is 11.3 Å². The van der Waals surface area contributed by atoms with Gasteiger partial charge < -0.3 is 5.32 Å². The molecule has 20 heavy (non-hydrogen) atoms.